The molecule has 0 saturated carbocycles. The number of ether oxygens (including phenoxy) is 2. The van der Waals surface area contributed by atoms with E-state index in [9.17, 15) is 35.1 Å². The Kier molecular flexibility index (Phi) is 8.47. The van der Waals surface area contributed by atoms with Crippen molar-refractivity contribution >= 4 is 22.4 Å². The summed E-state index contributed by atoms with van der Waals surface area (Å²) >= 11 is 0. The number of nitrogens with two attached hydrogens (primary N) is 1. The Labute approximate surface area is 262 Å². The van der Waals surface area contributed by atoms with Crippen molar-refractivity contribution in [1.29, 1.82) is 0 Å². The lowest BCUT2D eigenvalue weighted by atomic mass is 9.95. The molecule has 4 N–H and O–H groups in total. The fraction of sp³-hybridized carbons (Fsp3) is 0.552. The summed E-state index contributed by atoms with van der Waals surface area (Å²) in [6, 6.07) is 0.0384. The quantitative estimate of drug-likeness (QED) is 0.242. The predicted molar refractivity (Wildman–Crippen MR) is 152 cm³/mol. The molecular formula is C29H30F9N7O2. The van der Waals surface area contributed by atoms with Gasteiger partial charge in [0.05, 0.1) is 16.8 Å². The van der Waals surface area contributed by atoms with E-state index >= 15 is 4.39 Å². The number of benzene rings is 1. The van der Waals surface area contributed by atoms with Crippen LogP contribution in [0.4, 0.5) is 51.0 Å². The van der Waals surface area contributed by atoms with Crippen molar-refractivity contribution in [3.8, 4) is 23.1 Å². The van der Waals surface area contributed by atoms with Gasteiger partial charge in [-0.1, -0.05) is 0 Å². The molecule has 3 aliphatic rings. The SMILES string of the molecule is Cc1c(F)c(N)cc(-c2nc3c4c(nc(OC[C@@]56CCCN5C[C@H](F)C6)nc4c2F)NCCNCC[C@@H](C(F)(F)F)O3)c1C(F)(F)F. The van der Waals surface area contributed by atoms with Crippen LogP contribution in [0.5, 0.6) is 11.9 Å². The van der Waals surface area contributed by atoms with Crippen molar-refractivity contribution in [2.24, 2.45) is 0 Å². The van der Waals surface area contributed by atoms with Crippen molar-refractivity contribution in [1.82, 2.24) is 25.2 Å². The monoisotopic (exact) mass is 679 g/mol. The Bertz CT molecular complexity index is 1690. The first-order valence-electron chi connectivity index (χ1n) is 14.9. The number of hydrogen-bond acceptors (Lipinski definition) is 9. The highest BCUT2D eigenvalue weighted by Gasteiger charge is 2.49. The molecular weight excluding hydrogens is 649 g/mol. The molecule has 0 spiro atoms. The van der Waals surface area contributed by atoms with Gasteiger partial charge in [-0.2, -0.15) is 36.3 Å². The Hall–Kier alpha value is -3.80. The number of fused-ring (bicyclic) bond motifs is 1. The van der Waals surface area contributed by atoms with Crippen LogP contribution in [0.1, 0.15) is 36.8 Å². The number of hydrogen-bond donors (Lipinski definition) is 3. The van der Waals surface area contributed by atoms with Crippen molar-refractivity contribution in [3.05, 3.63) is 28.8 Å². The average molecular weight is 680 g/mol. The molecule has 0 radical (unpaired) electrons. The Morgan fingerprint density at radius 2 is 1.85 bits per heavy atom. The van der Waals surface area contributed by atoms with E-state index in [0.717, 1.165) is 13.3 Å². The third-order valence-electron chi connectivity index (χ3n) is 8.82. The third-order valence-corrected chi connectivity index (χ3v) is 8.82. The fourth-order valence-electron chi connectivity index (χ4n) is 6.65. The van der Waals surface area contributed by atoms with Gasteiger partial charge in [0.25, 0.3) is 0 Å². The van der Waals surface area contributed by atoms with Crippen LogP contribution in [0.2, 0.25) is 0 Å². The number of nitrogens with one attached hydrogen (secondary N) is 2. The highest BCUT2D eigenvalue weighted by atomic mass is 19.4. The van der Waals surface area contributed by atoms with Crippen molar-refractivity contribution in [2.75, 3.05) is 50.4 Å². The van der Waals surface area contributed by atoms with Crippen LogP contribution in [0.3, 0.4) is 0 Å². The lowest BCUT2D eigenvalue weighted by Gasteiger charge is -2.30. The van der Waals surface area contributed by atoms with Crippen molar-refractivity contribution in [3.63, 3.8) is 0 Å². The second kappa shape index (κ2) is 12.0. The van der Waals surface area contributed by atoms with Gasteiger partial charge in [0, 0.05) is 38.0 Å². The molecule has 3 aliphatic heterocycles. The zero-order valence-electron chi connectivity index (χ0n) is 24.9. The summed E-state index contributed by atoms with van der Waals surface area (Å²) in [5, 5.41) is 5.19. The van der Waals surface area contributed by atoms with Gasteiger partial charge in [0.15, 0.2) is 11.9 Å². The van der Waals surface area contributed by atoms with Gasteiger partial charge in [0.2, 0.25) is 5.88 Å². The summed E-state index contributed by atoms with van der Waals surface area (Å²) in [5.74, 6) is -4.08. The maximum atomic E-state index is 16.5. The van der Waals surface area contributed by atoms with Gasteiger partial charge < -0.3 is 25.8 Å². The fourth-order valence-corrected chi connectivity index (χ4v) is 6.65. The Morgan fingerprint density at radius 3 is 2.57 bits per heavy atom. The highest BCUT2D eigenvalue weighted by molar-refractivity contribution is 5.96. The van der Waals surface area contributed by atoms with E-state index in [1.807, 2.05) is 4.90 Å². The van der Waals surface area contributed by atoms with E-state index in [4.69, 9.17) is 15.2 Å². The minimum absolute atomic E-state index is 0.0677. The number of anilines is 2. The van der Waals surface area contributed by atoms with Crippen LogP contribution in [0.15, 0.2) is 6.07 Å². The van der Waals surface area contributed by atoms with Gasteiger partial charge in [-0.15, -0.1) is 0 Å². The summed E-state index contributed by atoms with van der Waals surface area (Å²) in [4.78, 5) is 14.1. The molecule has 47 heavy (non-hydrogen) atoms. The van der Waals surface area contributed by atoms with E-state index in [2.05, 4.69) is 25.6 Å². The lowest BCUT2D eigenvalue weighted by Crippen LogP contribution is -2.43. The van der Waals surface area contributed by atoms with E-state index in [1.54, 1.807) is 0 Å². The molecule has 2 fully saturated rings. The van der Waals surface area contributed by atoms with Crippen LogP contribution < -0.4 is 25.8 Å². The number of alkyl halides is 7. The molecule has 0 unspecified atom stereocenters. The number of nitrogen functional groups attached to an aromatic ring is 1. The standard InChI is InChI=1S/C29H30F9N7O2/c1-13-19(29(36,37)38)15(9-16(39)20(13)31)22-21(32)23-18-24(41-7-6-40-5-3-17(28(33,34)35)47-25(18)42-22)44-26(43-23)46-12-27-4-2-8-45(27)11-14(30)10-27/h9,14,17,40H,2-8,10-12,39H2,1H3,(H,41,43,44)/t14-,17+,27+/m1/s1. The van der Waals surface area contributed by atoms with E-state index in [0.29, 0.717) is 19.0 Å². The second-order valence-electron chi connectivity index (χ2n) is 12.0. The normalized spacial score (nSPS) is 24.0. The molecule has 1 aromatic carbocycles. The topological polar surface area (TPSA) is 110 Å². The predicted octanol–water partition coefficient (Wildman–Crippen LogP) is 5.55. The number of pyridine rings is 1. The van der Waals surface area contributed by atoms with Gasteiger partial charge >= 0.3 is 18.4 Å². The molecule has 0 amide bonds. The molecule has 256 valence electrons. The molecule has 9 nitrogen and oxygen atoms in total. The zero-order chi connectivity index (χ0) is 33.9. The van der Waals surface area contributed by atoms with Crippen LogP contribution in [-0.2, 0) is 6.18 Å². The van der Waals surface area contributed by atoms with E-state index in [-0.39, 0.29) is 45.0 Å². The first kappa shape index (κ1) is 33.1. The third kappa shape index (κ3) is 6.16. The molecule has 2 saturated heterocycles. The number of halogens is 9. The summed E-state index contributed by atoms with van der Waals surface area (Å²) in [7, 11) is 0. The second-order valence-corrected chi connectivity index (χ2v) is 12.0. The molecule has 0 bridgehead atoms. The molecule has 0 aliphatic carbocycles. The number of rotatable bonds is 4. The van der Waals surface area contributed by atoms with Crippen LogP contribution in [0.25, 0.3) is 22.2 Å². The molecule has 6 rings (SSSR count). The summed E-state index contributed by atoms with van der Waals surface area (Å²) < 4.78 is 142. The molecule has 3 aromatic rings. The van der Waals surface area contributed by atoms with Crippen molar-refractivity contribution in [2.45, 2.75) is 62.8 Å². The summed E-state index contributed by atoms with van der Waals surface area (Å²) in [6.07, 6.45) is -12.9. The number of nitrogens with zero attached hydrogens (tertiary/aromatic N) is 4. The zero-order valence-corrected chi connectivity index (χ0v) is 24.9. The minimum atomic E-state index is -5.26. The van der Waals surface area contributed by atoms with Gasteiger partial charge in [-0.05, 0) is 44.5 Å². The average Bonchev–Trinajstić information content (AvgIpc) is 3.49. The van der Waals surface area contributed by atoms with Crippen LogP contribution in [-0.4, -0.2) is 83.2 Å². The first-order chi connectivity index (χ1) is 22.1. The maximum Gasteiger partial charge on any atom is 0.425 e. The molecule has 3 atom stereocenters. The molecule has 2 aromatic heterocycles. The van der Waals surface area contributed by atoms with E-state index < -0.39 is 99.1 Å². The number of aromatic nitrogens is 3. The van der Waals surface area contributed by atoms with E-state index in [1.165, 1.54) is 0 Å². The van der Waals surface area contributed by atoms with Gasteiger partial charge in [-0.3, -0.25) is 4.90 Å². The minimum Gasteiger partial charge on any atom is -0.464 e. The van der Waals surface area contributed by atoms with Gasteiger partial charge in [-0.25, -0.2) is 18.2 Å². The molecule has 18 heteroatoms. The largest absolute Gasteiger partial charge is 0.464 e. The van der Waals surface area contributed by atoms with Crippen LogP contribution >= 0.6 is 0 Å². The lowest BCUT2D eigenvalue weighted by molar-refractivity contribution is -0.196. The molecule has 5 heterocycles. The van der Waals surface area contributed by atoms with Crippen molar-refractivity contribution < 1.29 is 49.0 Å². The van der Waals surface area contributed by atoms with Gasteiger partial charge in [0.1, 0.15) is 41.0 Å². The summed E-state index contributed by atoms with van der Waals surface area (Å²) in [5.41, 5.74) is -1.38. The smallest absolute Gasteiger partial charge is 0.425 e. The Balaban J connectivity index is 1.57. The van der Waals surface area contributed by atoms with Crippen LogP contribution in [0, 0.1) is 18.6 Å². The highest BCUT2D eigenvalue weighted by Crippen LogP contribution is 2.46. The first-order valence-corrected chi connectivity index (χ1v) is 14.9. The maximum absolute atomic E-state index is 16.5. The Morgan fingerprint density at radius 1 is 1.09 bits per heavy atom. The summed E-state index contributed by atoms with van der Waals surface area (Å²) in [6.45, 7) is 1.56.